The van der Waals surface area contributed by atoms with E-state index in [9.17, 15) is 4.79 Å². The minimum atomic E-state index is -0.217. The Kier molecular flexibility index (Phi) is 5.55. The van der Waals surface area contributed by atoms with Crippen LogP contribution in [-0.4, -0.2) is 32.3 Å². The second kappa shape index (κ2) is 8.43. The van der Waals surface area contributed by atoms with Gasteiger partial charge in [0.05, 0.1) is 31.5 Å². The van der Waals surface area contributed by atoms with Gasteiger partial charge in [-0.3, -0.25) is 9.48 Å². The maximum absolute atomic E-state index is 11.5. The van der Waals surface area contributed by atoms with Gasteiger partial charge in [0.25, 0.3) is 0 Å². The van der Waals surface area contributed by atoms with Crippen LogP contribution in [0.15, 0.2) is 42.9 Å². The van der Waals surface area contributed by atoms with Crippen LogP contribution in [0.5, 0.6) is 0 Å². The highest BCUT2D eigenvalue weighted by Crippen LogP contribution is 2.40. The fourth-order valence-corrected chi connectivity index (χ4v) is 3.25. The van der Waals surface area contributed by atoms with Gasteiger partial charge in [-0.25, -0.2) is 9.97 Å². The standard InChI is InChI=1S/C22H25N5O2/c1-3-29-22(28)7-9-27-14-18(13-24-27)19-10-15(2)11-21(25-19)26-20-12-17(6-8-23-20)16-4-5-16/h6,8,10-14,16H,3-5,7,9H2,1-2H3,(H,23,25,26). The number of anilines is 2. The van der Waals surface area contributed by atoms with Crippen LogP contribution < -0.4 is 5.32 Å². The number of aromatic nitrogens is 4. The van der Waals surface area contributed by atoms with Gasteiger partial charge in [0, 0.05) is 18.0 Å². The zero-order valence-corrected chi connectivity index (χ0v) is 16.8. The van der Waals surface area contributed by atoms with E-state index in [0.29, 0.717) is 25.5 Å². The fraction of sp³-hybridized carbons (Fsp3) is 0.364. The Bertz CT molecular complexity index is 1010. The number of aryl methyl sites for hydroxylation is 2. The van der Waals surface area contributed by atoms with E-state index in [1.165, 1.54) is 18.4 Å². The molecule has 0 saturated heterocycles. The monoisotopic (exact) mass is 391 g/mol. The van der Waals surface area contributed by atoms with Crippen molar-refractivity contribution in [1.29, 1.82) is 0 Å². The Morgan fingerprint density at radius 2 is 2.14 bits per heavy atom. The smallest absolute Gasteiger partial charge is 0.307 e. The van der Waals surface area contributed by atoms with Gasteiger partial charge < -0.3 is 10.1 Å². The molecular formula is C22H25N5O2. The van der Waals surface area contributed by atoms with Gasteiger partial charge >= 0.3 is 5.97 Å². The Balaban J connectivity index is 1.48. The van der Waals surface area contributed by atoms with Crippen molar-refractivity contribution in [2.45, 2.75) is 45.6 Å². The summed E-state index contributed by atoms with van der Waals surface area (Å²) in [6.45, 7) is 4.71. The normalized spacial score (nSPS) is 13.3. The quantitative estimate of drug-likeness (QED) is 0.579. The highest BCUT2D eigenvalue weighted by Gasteiger charge is 2.23. The maximum atomic E-state index is 11.5. The molecule has 3 heterocycles. The molecule has 0 spiro atoms. The molecule has 1 fully saturated rings. The number of ether oxygens (including phenoxy) is 1. The summed E-state index contributed by atoms with van der Waals surface area (Å²) in [5.41, 5.74) is 4.15. The van der Waals surface area contributed by atoms with Crippen LogP contribution in [0.2, 0.25) is 0 Å². The summed E-state index contributed by atoms with van der Waals surface area (Å²) in [7, 11) is 0. The third-order valence-corrected chi connectivity index (χ3v) is 4.84. The average molecular weight is 391 g/mol. The second-order valence-corrected chi connectivity index (χ2v) is 7.34. The summed E-state index contributed by atoms with van der Waals surface area (Å²) in [4.78, 5) is 20.7. The van der Waals surface area contributed by atoms with Crippen LogP contribution in [0.1, 0.15) is 43.2 Å². The van der Waals surface area contributed by atoms with Crippen molar-refractivity contribution < 1.29 is 9.53 Å². The lowest BCUT2D eigenvalue weighted by Gasteiger charge is -2.09. The Labute approximate surface area is 170 Å². The molecule has 0 aromatic carbocycles. The summed E-state index contributed by atoms with van der Waals surface area (Å²) in [6.07, 6.45) is 8.33. The van der Waals surface area contributed by atoms with E-state index in [0.717, 1.165) is 28.5 Å². The highest BCUT2D eigenvalue weighted by atomic mass is 16.5. The predicted octanol–water partition coefficient (Wildman–Crippen LogP) is 4.22. The van der Waals surface area contributed by atoms with Gasteiger partial charge in [-0.2, -0.15) is 5.10 Å². The van der Waals surface area contributed by atoms with Crippen molar-refractivity contribution in [3.8, 4) is 11.3 Å². The molecule has 1 aliphatic carbocycles. The predicted molar refractivity (Wildman–Crippen MR) is 111 cm³/mol. The van der Waals surface area contributed by atoms with E-state index in [1.807, 2.05) is 31.5 Å². The zero-order chi connectivity index (χ0) is 20.2. The topological polar surface area (TPSA) is 81.9 Å². The van der Waals surface area contributed by atoms with E-state index < -0.39 is 0 Å². The minimum Gasteiger partial charge on any atom is -0.466 e. The number of hydrogen-bond acceptors (Lipinski definition) is 6. The molecule has 0 aliphatic heterocycles. The molecule has 0 unspecified atom stereocenters. The number of rotatable bonds is 8. The number of nitrogens with one attached hydrogen (secondary N) is 1. The van der Waals surface area contributed by atoms with Gasteiger partial charge in [-0.15, -0.1) is 0 Å². The first-order valence-electron chi connectivity index (χ1n) is 10.0. The largest absolute Gasteiger partial charge is 0.466 e. The molecule has 0 bridgehead atoms. The number of carbonyl (C=O) groups excluding carboxylic acids is 1. The van der Waals surface area contributed by atoms with Crippen LogP contribution >= 0.6 is 0 Å². The summed E-state index contributed by atoms with van der Waals surface area (Å²) in [5, 5.41) is 7.67. The molecule has 4 rings (SSSR count). The van der Waals surface area contributed by atoms with Crippen LogP contribution in [0.25, 0.3) is 11.3 Å². The Morgan fingerprint density at radius 1 is 1.28 bits per heavy atom. The van der Waals surface area contributed by atoms with Gasteiger partial charge in [0.1, 0.15) is 11.6 Å². The van der Waals surface area contributed by atoms with E-state index in [1.54, 1.807) is 17.8 Å². The lowest BCUT2D eigenvalue weighted by atomic mass is 10.1. The number of carbonyl (C=O) groups is 1. The average Bonchev–Trinajstić information content (AvgIpc) is 3.44. The van der Waals surface area contributed by atoms with Crippen molar-refractivity contribution in [2.24, 2.45) is 0 Å². The third-order valence-electron chi connectivity index (χ3n) is 4.84. The van der Waals surface area contributed by atoms with E-state index in [2.05, 4.69) is 27.5 Å². The lowest BCUT2D eigenvalue weighted by Crippen LogP contribution is -2.09. The van der Waals surface area contributed by atoms with Crippen LogP contribution in [0, 0.1) is 6.92 Å². The van der Waals surface area contributed by atoms with Gasteiger partial charge in [0.15, 0.2) is 0 Å². The van der Waals surface area contributed by atoms with Gasteiger partial charge in [0.2, 0.25) is 0 Å². The summed E-state index contributed by atoms with van der Waals surface area (Å²) >= 11 is 0. The van der Waals surface area contributed by atoms with Gasteiger partial charge in [-0.05, 0) is 68.0 Å². The molecule has 3 aromatic rings. The minimum absolute atomic E-state index is 0.217. The number of nitrogens with zero attached hydrogens (tertiary/aromatic N) is 4. The highest BCUT2D eigenvalue weighted by molar-refractivity contribution is 5.69. The fourth-order valence-electron chi connectivity index (χ4n) is 3.25. The summed E-state index contributed by atoms with van der Waals surface area (Å²) in [6, 6.07) is 8.21. The first-order valence-corrected chi connectivity index (χ1v) is 10.0. The molecule has 0 radical (unpaired) electrons. The van der Waals surface area contributed by atoms with Crippen LogP contribution in [-0.2, 0) is 16.1 Å². The van der Waals surface area contributed by atoms with Crippen LogP contribution in [0.3, 0.4) is 0 Å². The Morgan fingerprint density at radius 3 is 2.93 bits per heavy atom. The third kappa shape index (κ3) is 4.99. The SMILES string of the molecule is CCOC(=O)CCn1cc(-c2cc(C)cc(Nc3cc(C4CC4)ccn3)n2)cn1. The molecule has 1 N–H and O–H groups in total. The molecule has 1 saturated carbocycles. The number of esters is 1. The molecular weight excluding hydrogens is 366 g/mol. The molecule has 150 valence electrons. The Hall–Kier alpha value is -3.22. The van der Waals surface area contributed by atoms with Crippen molar-refractivity contribution in [3.05, 3.63) is 54.0 Å². The van der Waals surface area contributed by atoms with Crippen LogP contribution in [0.4, 0.5) is 11.6 Å². The molecule has 1 aliphatic rings. The van der Waals surface area contributed by atoms with Gasteiger partial charge in [-0.1, -0.05) is 0 Å². The lowest BCUT2D eigenvalue weighted by molar-refractivity contribution is -0.143. The molecule has 0 amide bonds. The van der Waals surface area contributed by atoms with E-state index in [-0.39, 0.29) is 5.97 Å². The molecule has 7 heteroatoms. The van der Waals surface area contributed by atoms with Crippen molar-refractivity contribution in [2.75, 3.05) is 11.9 Å². The number of hydrogen-bond donors (Lipinski definition) is 1. The molecule has 7 nitrogen and oxygen atoms in total. The van der Waals surface area contributed by atoms with Crippen molar-refractivity contribution >= 4 is 17.6 Å². The first-order chi connectivity index (χ1) is 14.1. The molecule has 3 aromatic heterocycles. The van der Waals surface area contributed by atoms with Crippen molar-refractivity contribution in [1.82, 2.24) is 19.7 Å². The van der Waals surface area contributed by atoms with Crippen molar-refractivity contribution in [3.63, 3.8) is 0 Å². The summed E-state index contributed by atoms with van der Waals surface area (Å²) < 4.78 is 6.70. The molecule has 29 heavy (non-hydrogen) atoms. The number of pyridine rings is 2. The second-order valence-electron chi connectivity index (χ2n) is 7.34. The zero-order valence-electron chi connectivity index (χ0n) is 16.8. The first kappa shape index (κ1) is 19.1. The molecule has 0 atom stereocenters. The summed E-state index contributed by atoms with van der Waals surface area (Å²) in [5.74, 6) is 2.02. The van der Waals surface area contributed by atoms with E-state index >= 15 is 0 Å². The van der Waals surface area contributed by atoms with E-state index in [4.69, 9.17) is 9.72 Å². The maximum Gasteiger partial charge on any atom is 0.307 e.